The Morgan fingerprint density at radius 3 is 1.42 bits per heavy atom. The number of aliphatic imine (C=N–C) groups is 3. The van der Waals surface area contributed by atoms with Gasteiger partial charge in [0.15, 0.2) is 17.9 Å². The van der Waals surface area contributed by atoms with Gasteiger partial charge in [-0.15, -0.1) is 0 Å². The third kappa shape index (κ3) is 13.8. The van der Waals surface area contributed by atoms with E-state index in [-0.39, 0.29) is 101 Å². The maximum Gasteiger partial charge on any atom is 0.246 e. The first kappa shape index (κ1) is 52.2. The van der Waals surface area contributed by atoms with Gasteiger partial charge in [0.25, 0.3) is 0 Å². The highest BCUT2D eigenvalue weighted by Crippen LogP contribution is 2.39. The molecule has 2 aromatic heterocycles. The van der Waals surface area contributed by atoms with Crippen molar-refractivity contribution in [2.75, 3.05) is 19.6 Å². The topological polar surface area (TPSA) is 399 Å². The first-order valence-corrected chi connectivity index (χ1v) is 24.2. The number of para-hydroxylation sites is 2. The molecule has 7 rings (SSSR count). The SMILES string of the molecule is NC(N)=NCCC[C@@H]1NC(=O)[C@H](Cc2c[nH]c3ccccc23)NC(=O)[C@H](Cc2ccccc2)NC(=O)[C@H](Cc2c[nH]c3ccccc23)NC(=O)C2(CC(CN=C(N)N)C2)NC(=O)[C@H](CCCN=C(N)N)NC1=O. The first-order valence-electron chi connectivity index (χ1n) is 24.2. The second-order valence-electron chi connectivity index (χ2n) is 18.6. The smallest absolute Gasteiger partial charge is 0.246 e. The summed E-state index contributed by atoms with van der Waals surface area (Å²) in [6.45, 7) is 0.336. The van der Waals surface area contributed by atoms with E-state index in [1.807, 2.05) is 54.6 Å². The van der Waals surface area contributed by atoms with Gasteiger partial charge >= 0.3 is 0 Å². The van der Waals surface area contributed by atoms with E-state index in [4.69, 9.17) is 34.4 Å². The van der Waals surface area contributed by atoms with Crippen molar-refractivity contribution in [3.8, 4) is 0 Å². The predicted molar refractivity (Wildman–Crippen MR) is 278 cm³/mol. The lowest BCUT2D eigenvalue weighted by Gasteiger charge is -2.47. The number of benzene rings is 3. The number of fused-ring (bicyclic) bond motifs is 2. The van der Waals surface area contributed by atoms with Crippen LogP contribution in [-0.4, -0.2) is 119 Å². The Morgan fingerprint density at radius 1 is 0.493 bits per heavy atom. The summed E-state index contributed by atoms with van der Waals surface area (Å²) in [5.74, 6) is -5.11. The van der Waals surface area contributed by atoms with Gasteiger partial charge in [-0.1, -0.05) is 66.7 Å². The maximum absolute atomic E-state index is 15.0. The molecule has 6 amide bonds. The highest BCUT2D eigenvalue weighted by molar-refractivity contribution is 6.00. The van der Waals surface area contributed by atoms with Gasteiger partial charge in [0.05, 0.1) is 0 Å². The number of hydrogen-bond acceptors (Lipinski definition) is 9. The lowest BCUT2D eigenvalue weighted by atomic mass is 9.67. The molecular weight excluding hydrogens is 935 g/mol. The third-order valence-electron chi connectivity index (χ3n) is 13.1. The fraction of sp³-hybridized carbons (Fsp3) is 0.380. The summed E-state index contributed by atoms with van der Waals surface area (Å²) < 4.78 is 0. The number of hydrogen-bond donors (Lipinski definition) is 14. The van der Waals surface area contributed by atoms with E-state index < -0.39 is 71.2 Å². The molecule has 1 saturated carbocycles. The molecule has 1 aliphatic carbocycles. The Labute approximate surface area is 421 Å². The zero-order valence-electron chi connectivity index (χ0n) is 40.4. The zero-order chi connectivity index (χ0) is 52.1. The van der Waals surface area contributed by atoms with Gasteiger partial charge < -0.3 is 76.3 Å². The van der Waals surface area contributed by atoms with Crippen LogP contribution in [0.2, 0.25) is 0 Å². The fourth-order valence-electron chi connectivity index (χ4n) is 9.41. The number of aromatic amines is 2. The van der Waals surface area contributed by atoms with E-state index in [1.54, 1.807) is 36.7 Å². The summed E-state index contributed by atoms with van der Waals surface area (Å²) in [5.41, 5.74) is 35.7. The number of nitrogens with zero attached hydrogens (tertiary/aromatic N) is 3. The van der Waals surface area contributed by atoms with Crippen molar-refractivity contribution in [2.24, 2.45) is 55.3 Å². The molecule has 1 aliphatic heterocycles. The normalized spacial score (nSPS) is 23.1. The number of rotatable bonds is 16. The van der Waals surface area contributed by atoms with Crippen LogP contribution in [0.4, 0.5) is 0 Å². The predicted octanol–water partition coefficient (Wildman–Crippen LogP) is -1.24. The Hall–Kier alpha value is -8.63. The number of H-pyrrole nitrogens is 2. The third-order valence-corrected chi connectivity index (χ3v) is 13.1. The molecule has 0 radical (unpaired) electrons. The minimum Gasteiger partial charge on any atom is -0.370 e. The van der Waals surface area contributed by atoms with Crippen LogP contribution in [0.1, 0.15) is 55.2 Å². The number of aromatic nitrogens is 2. The molecule has 20 N–H and O–H groups in total. The van der Waals surface area contributed by atoms with Crippen LogP contribution in [0.15, 0.2) is 106 Å². The molecule has 0 unspecified atom stereocenters. The number of nitrogens with one attached hydrogen (secondary N) is 8. The van der Waals surface area contributed by atoms with Crippen molar-refractivity contribution in [2.45, 2.75) is 93.5 Å². The number of amides is 6. The first-order chi connectivity index (χ1) is 35.1. The second kappa shape index (κ2) is 24.0. The molecule has 1 saturated heterocycles. The summed E-state index contributed by atoms with van der Waals surface area (Å²) in [4.78, 5) is 108. The Kier molecular flexibility index (Phi) is 17.2. The Bertz CT molecular complexity index is 2860. The van der Waals surface area contributed by atoms with E-state index in [2.05, 4.69) is 56.8 Å². The van der Waals surface area contributed by atoms with Crippen LogP contribution in [0.3, 0.4) is 0 Å². The van der Waals surface area contributed by atoms with E-state index in [0.29, 0.717) is 16.7 Å². The summed E-state index contributed by atoms with van der Waals surface area (Å²) in [6, 6.07) is 17.4. The molecule has 3 aromatic carbocycles. The largest absolute Gasteiger partial charge is 0.370 e. The number of carbonyl (C=O) groups is 6. The molecule has 23 heteroatoms. The van der Waals surface area contributed by atoms with Crippen LogP contribution in [0, 0.1) is 5.92 Å². The van der Waals surface area contributed by atoms with Crippen LogP contribution in [0.5, 0.6) is 0 Å². The fourth-order valence-corrected chi connectivity index (χ4v) is 9.41. The average Bonchev–Trinajstić information content (AvgIpc) is 3.96. The van der Waals surface area contributed by atoms with E-state index in [9.17, 15) is 24.0 Å². The molecule has 2 aliphatic rings. The minimum atomic E-state index is -1.63. The van der Waals surface area contributed by atoms with E-state index in [0.717, 1.165) is 21.8 Å². The highest BCUT2D eigenvalue weighted by Gasteiger charge is 2.52. The van der Waals surface area contributed by atoms with Crippen molar-refractivity contribution < 1.29 is 28.8 Å². The van der Waals surface area contributed by atoms with Crippen molar-refractivity contribution in [1.82, 2.24) is 41.9 Å². The molecule has 386 valence electrons. The molecule has 23 nitrogen and oxygen atoms in total. The standard InChI is InChI=1S/C50H65N17O6/c51-47(52)57-18-8-16-36-41(68)63-37(17-9-19-58-48(53)54)45(72)67-50(23-29(24-50)25-61-49(55)56)46(73)66-40(22-31-27-60-35-15-7-5-13-33(31)35)44(71)64-38(20-28-10-2-1-3-11-28)42(69)65-39(43(70)62-36)21-30-26-59-34-14-6-4-12-32(30)34/h1-7,10-15,26-27,29,36-40,59-60H,8-9,16-25H2,(H,62,70)(H,63,68)(H,64,71)(H,65,69)(H,66,73)(H,67,72)(H4,51,52,57)(H4,53,54,58)(H4,55,56,61)/t29?,36-,37-,38-,39-,40-,50?/m0/s1. The van der Waals surface area contributed by atoms with Gasteiger partial charge in [-0.2, -0.15) is 0 Å². The quantitative estimate of drug-likeness (QED) is 0.0314. The van der Waals surface area contributed by atoms with Crippen LogP contribution in [0.25, 0.3) is 21.8 Å². The summed E-state index contributed by atoms with van der Waals surface area (Å²) in [6.07, 6.45) is 3.89. The van der Waals surface area contributed by atoms with Gasteiger partial charge in [-0.05, 0) is 73.3 Å². The van der Waals surface area contributed by atoms with E-state index >= 15 is 4.79 Å². The number of carbonyl (C=O) groups excluding carboxylic acids is 6. The highest BCUT2D eigenvalue weighted by atomic mass is 16.2. The summed E-state index contributed by atoms with van der Waals surface area (Å²) in [5, 5.41) is 18.9. The molecule has 73 heavy (non-hydrogen) atoms. The number of nitrogens with two attached hydrogens (primary N) is 6. The van der Waals surface area contributed by atoms with Crippen LogP contribution < -0.4 is 66.3 Å². The lowest BCUT2D eigenvalue weighted by Crippen LogP contribution is -2.70. The molecule has 5 atom stereocenters. The second-order valence-corrected chi connectivity index (χ2v) is 18.6. The van der Waals surface area contributed by atoms with E-state index in [1.165, 1.54) is 0 Å². The van der Waals surface area contributed by atoms with Gasteiger partial charge in [0.1, 0.15) is 35.7 Å². The molecular formula is C50H65N17O6. The maximum atomic E-state index is 15.0. The van der Waals surface area contributed by atoms with Crippen molar-refractivity contribution in [1.29, 1.82) is 0 Å². The molecule has 3 heterocycles. The number of guanidine groups is 3. The van der Waals surface area contributed by atoms with Gasteiger partial charge in [0.2, 0.25) is 35.4 Å². The Balaban J connectivity index is 1.32. The Morgan fingerprint density at radius 2 is 0.918 bits per heavy atom. The van der Waals surface area contributed by atoms with Crippen molar-refractivity contribution >= 4 is 75.1 Å². The monoisotopic (exact) mass is 1000 g/mol. The van der Waals surface area contributed by atoms with Crippen LogP contribution in [-0.2, 0) is 48.0 Å². The molecule has 5 aromatic rings. The average molecular weight is 1000 g/mol. The van der Waals surface area contributed by atoms with Crippen molar-refractivity contribution in [3.63, 3.8) is 0 Å². The summed E-state index contributed by atoms with van der Waals surface area (Å²) >= 11 is 0. The lowest BCUT2D eigenvalue weighted by molar-refractivity contribution is -0.143. The summed E-state index contributed by atoms with van der Waals surface area (Å²) in [7, 11) is 0. The zero-order valence-corrected chi connectivity index (χ0v) is 40.4. The van der Waals surface area contributed by atoms with Crippen molar-refractivity contribution in [3.05, 3.63) is 108 Å². The molecule has 2 fully saturated rings. The minimum absolute atomic E-state index is 0.00618. The van der Waals surface area contributed by atoms with Crippen LogP contribution >= 0.6 is 0 Å². The van der Waals surface area contributed by atoms with Gasteiger partial charge in [-0.3, -0.25) is 43.7 Å². The van der Waals surface area contributed by atoms with Gasteiger partial charge in [0, 0.05) is 73.1 Å². The van der Waals surface area contributed by atoms with Gasteiger partial charge in [-0.25, -0.2) is 0 Å². The molecule has 0 bridgehead atoms. The molecule has 1 spiro atoms.